The normalized spacial score (nSPS) is 21.4. The van der Waals surface area contributed by atoms with E-state index in [0.29, 0.717) is 18.2 Å². The Bertz CT molecular complexity index is 647. The van der Waals surface area contributed by atoms with Gasteiger partial charge in [-0.3, -0.25) is 9.69 Å². The maximum Gasteiger partial charge on any atom is 0.239 e. The van der Waals surface area contributed by atoms with Crippen LogP contribution >= 0.6 is 31.9 Å². The Balaban J connectivity index is 1.51. The van der Waals surface area contributed by atoms with E-state index < -0.39 is 6.04 Å². The molecule has 0 saturated carbocycles. The number of carbonyl (C=O) groups excluding carboxylic acids is 1. The Kier molecular flexibility index (Phi) is 7.19. The Labute approximate surface area is 178 Å². The smallest absolute Gasteiger partial charge is 0.239 e. The molecule has 0 aliphatic carbocycles. The second-order valence-corrected chi connectivity index (χ2v) is 9.39. The zero-order chi connectivity index (χ0) is 19.6. The topological polar surface area (TPSA) is 78.8 Å². The fourth-order valence-electron chi connectivity index (χ4n) is 4.00. The summed E-state index contributed by atoms with van der Waals surface area (Å²) in [4.78, 5) is 19.7. The molecular weight excluding hydrogens is 474 g/mol. The van der Waals surface area contributed by atoms with Gasteiger partial charge in [-0.15, -0.1) is 0 Å². The molecule has 0 aromatic heterocycles. The zero-order valence-electron chi connectivity index (χ0n) is 15.8. The lowest BCUT2D eigenvalue weighted by atomic mass is 10.0. The second-order valence-electron chi connectivity index (χ2n) is 7.68. The third-order valence-corrected chi connectivity index (χ3v) is 7.05. The molecular formula is C19H29Br2N5O. The van der Waals surface area contributed by atoms with E-state index in [0.717, 1.165) is 40.7 Å². The lowest BCUT2D eigenvalue weighted by molar-refractivity contribution is -0.134. The van der Waals surface area contributed by atoms with Gasteiger partial charge in [0.15, 0.2) is 0 Å². The Morgan fingerprint density at radius 3 is 2.22 bits per heavy atom. The van der Waals surface area contributed by atoms with E-state index in [1.807, 2.05) is 17.0 Å². The highest BCUT2D eigenvalue weighted by Crippen LogP contribution is 2.30. The van der Waals surface area contributed by atoms with E-state index in [1.54, 1.807) is 0 Å². The van der Waals surface area contributed by atoms with Gasteiger partial charge in [0.25, 0.3) is 0 Å². The van der Waals surface area contributed by atoms with Gasteiger partial charge in [0.2, 0.25) is 5.91 Å². The third-order valence-electron chi connectivity index (χ3n) is 5.74. The number of rotatable bonds is 4. The molecule has 0 unspecified atom stereocenters. The average Bonchev–Trinajstić information content (AvgIpc) is 2.66. The summed E-state index contributed by atoms with van der Waals surface area (Å²) < 4.78 is 1.64. The Morgan fingerprint density at radius 2 is 1.67 bits per heavy atom. The number of hydrogen-bond acceptors (Lipinski definition) is 5. The van der Waals surface area contributed by atoms with Crippen molar-refractivity contribution in [3.8, 4) is 0 Å². The van der Waals surface area contributed by atoms with Crippen LogP contribution in [0.25, 0.3) is 0 Å². The lowest BCUT2D eigenvalue weighted by Gasteiger charge is -2.42. The third kappa shape index (κ3) is 5.23. The van der Waals surface area contributed by atoms with Gasteiger partial charge in [-0.25, -0.2) is 0 Å². The van der Waals surface area contributed by atoms with Crippen molar-refractivity contribution in [3.05, 3.63) is 26.6 Å². The number of carbonyl (C=O) groups is 1. The first kappa shape index (κ1) is 21.0. The maximum atomic E-state index is 12.8. The fourth-order valence-corrected chi connectivity index (χ4v) is 5.28. The summed E-state index contributed by atoms with van der Waals surface area (Å²) >= 11 is 6.90. The molecule has 2 fully saturated rings. The van der Waals surface area contributed by atoms with Crippen molar-refractivity contribution in [2.45, 2.75) is 31.3 Å². The van der Waals surface area contributed by atoms with Gasteiger partial charge in [-0.2, -0.15) is 0 Å². The van der Waals surface area contributed by atoms with E-state index >= 15 is 0 Å². The molecule has 2 aliphatic heterocycles. The van der Waals surface area contributed by atoms with Crippen LogP contribution in [0, 0.1) is 0 Å². The Morgan fingerprint density at radius 1 is 1.11 bits per heavy atom. The average molecular weight is 503 g/mol. The van der Waals surface area contributed by atoms with Crippen LogP contribution < -0.4 is 11.5 Å². The van der Waals surface area contributed by atoms with E-state index in [9.17, 15) is 4.79 Å². The molecule has 4 N–H and O–H groups in total. The molecule has 0 spiro atoms. The summed E-state index contributed by atoms with van der Waals surface area (Å²) in [5.41, 5.74) is 13.8. The van der Waals surface area contributed by atoms with Gasteiger partial charge in [-0.1, -0.05) is 0 Å². The molecule has 150 valence electrons. The molecule has 1 aromatic rings. The SMILES string of the molecule is CN1CCC(N2CCN(C(=O)[C@H](N)Cc3cc(Br)c(N)c(Br)c3)CC2)CC1. The van der Waals surface area contributed by atoms with Gasteiger partial charge >= 0.3 is 0 Å². The number of nitrogens with two attached hydrogens (primary N) is 2. The van der Waals surface area contributed by atoms with Crippen molar-refractivity contribution < 1.29 is 4.79 Å². The van der Waals surface area contributed by atoms with Crippen LogP contribution in [0.4, 0.5) is 5.69 Å². The molecule has 0 bridgehead atoms. The highest BCUT2D eigenvalue weighted by Gasteiger charge is 2.29. The number of piperazine rings is 1. The molecule has 1 amide bonds. The van der Waals surface area contributed by atoms with Gasteiger partial charge in [-0.05, 0) is 89.0 Å². The zero-order valence-corrected chi connectivity index (χ0v) is 19.0. The molecule has 6 nitrogen and oxygen atoms in total. The predicted molar refractivity (Wildman–Crippen MR) is 117 cm³/mol. The van der Waals surface area contributed by atoms with Crippen molar-refractivity contribution in [2.75, 3.05) is 52.0 Å². The summed E-state index contributed by atoms with van der Waals surface area (Å²) in [7, 11) is 2.19. The lowest BCUT2D eigenvalue weighted by Crippen LogP contribution is -2.56. The molecule has 1 aromatic carbocycles. The number of nitrogens with zero attached hydrogens (tertiary/aromatic N) is 3. The number of hydrogen-bond donors (Lipinski definition) is 2. The summed E-state index contributed by atoms with van der Waals surface area (Å²) in [6.07, 6.45) is 2.96. The van der Waals surface area contributed by atoms with Gasteiger partial charge in [0.05, 0.1) is 11.7 Å². The number of anilines is 1. The first-order valence-electron chi connectivity index (χ1n) is 9.55. The number of nitrogen functional groups attached to an aromatic ring is 1. The first-order valence-corrected chi connectivity index (χ1v) is 11.1. The van der Waals surface area contributed by atoms with Crippen LogP contribution in [-0.4, -0.2) is 79.0 Å². The molecule has 8 heteroatoms. The highest BCUT2D eigenvalue weighted by molar-refractivity contribution is 9.11. The minimum absolute atomic E-state index is 0.0436. The monoisotopic (exact) mass is 501 g/mol. The molecule has 2 aliphatic rings. The molecule has 0 radical (unpaired) electrons. The number of likely N-dealkylation sites (tertiary alicyclic amines) is 1. The molecule has 1 atom stereocenters. The van der Waals surface area contributed by atoms with Crippen LogP contribution in [0.5, 0.6) is 0 Å². The number of amides is 1. The molecule has 3 rings (SSSR count). The van der Waals surface area contributed by atoms with E-state index in [4.69, 9.17) is 11.5 Å². The van der Waals surface area contributed by atoms with Crippen molar-refractivity contribution >= 4 is 43.5 Å². The van der Waals surface area contributed by atoms with E-state index in [1.165, 1.54) is 25.9 Å². The van der Waals surface area contributed by atoms with Crippen LogP contribution in [0.1, 0.15) is 18.4 Å². The number of halogens is 2. The highest BCUT2D eigenvalue weighted by atomic mass is 79.9. The maximum absolute atomic E-state index is 12.8. The summed E-state index contributed by atoms with van der Waals surface area (Å²) in [6.45, 7) is 5.78. The van der Waals surface area contributed by atoms with Crippen LogP contribution in [0.3, 0.4) is 0 Å². The minimum atomic E-state index is -0.526. The van der Waals surface area contributed by atoms with Crippen molar-refractivity contribution in [1.82, 2.24) is 14.7 Å². The van der Waals surface area contributed by atoms with E-state index in [2.05, 4.69) is 48.7 Å². The van der Waals surface area contributed by atoms with E-state index in [-0.39, 0.29) is 5.91 Å². The Hall–Kier alpha value is -0.670. The molecule has 2 saturated heterocycles. The quantitative estimate of drug-likeness (QED) is 0.615. The van der Waals surface area contributed by atoms with Crippen molar-refractivity contribution in [3.63, 3.8) is 0 Å². The first-order chi connectivity index (χ1) is 12.8. The van der Waals surface area contributed by atoms with Gasteiger partial charge in [0, 0.05) is 41.2 Å². The van der Waals surface area contributed by atoms with Crippen molar-refractivity contribution in [1.29, 1.82) is 0 Å². The fraction of sp³-hybridized carbons (Fsp3) is 0.632. The van der Waals surface area contributed by atoms with Crippen LogP contribution in [-0.2, 0) is 11.2 Å². The molecule has 2 heterocycles. The van der Waals surface area contributed by atoms with Crippen molar-refractivity contribution in [2.24, 2.45) is 5.73 Å². The minimum Gasteiger partial charge on any atom is -0.397 e. The summed E-state index contributed by atoms with van der Waals surface area (Å²) in [5, 5.41) is 0. The van der Waals surface area contributed by atoms with Gasteiger partial charge < -0.3 is 21.3 Å². The standard InChI is InChI=1S/C19H29Br2N5O/c1-24-4-2-14(3-5-24)25-6-8-26(9-7-25)19(27)17(22)12-13-10-15(20)18(23)16(21)11-13/h10-11,14,17H,2-9,12,22-23H2,1H3/t17-/m1/s1. The number of benzene rings is 1. The second kappa shape index (κ2) is 9.22. The molecule has 27 heavy (non-hydrogen) atoms. The van der Waals surface area contributed by atoms with Gasteiger partial charge in [0.1, 0.15) is 0 Å². The summed E-state index contributed by atoms with van der Waals surface area (Å²) in [6, 6.07) is 4.01. The largest absolute Gasteiger partial charge is 0.397 e. The van der Waals surface area contributed by atoms with Crippen LogP contribution in [0.2, 0.25) is 0 Å². The van der Waals surface area contributed by atoms with Crippen LogP contribution in [0.15, 0.2) is 21.1 Å². The number of piperidine rings is 1. The predicted octanol–water partition coefficient (Wildman–Crippen LogP) is 1.90. The summed E-state index contributed by atoms with van der Waals surface area (Å²) in [5.74, 6) is 0.0436.